The molecule has 0 fully saturated rings. The molecule has 0 bridgehead atoms. The first kappa shape index (κ1) is 12.7. The van der Waals surface area contributed by atoms with Crippen LogP contribution in [-0.4, -0.2) is 17.6 Å². The van der Waals surface area contributed by atoms with Crippen LogP contribution in [0.15, 0.2) is 30.5 Å². The molecule has 0 amide bonds. The van der Waals surface area contributed by atoms with Gasteiger partial charge in [-0.15, -0.1) is 0 Å². The summed E-state index contributed by atoms with van der Waals surface area (Å²) in [6.07, 6.45) is 5.76. The number of nitrogens with zero attached hydrogens (tertiary/aromatic N) is 1. The summed E-state index contributed by atoms with van der Waals surface area (Å²) in [5.41, 5.74) is 1.17. The van der Waals surface area contributed by atoms with E-state index in [2.05, 4.69) is 24.1 Å². The fourth-order valence-electron chi connectivity index (χ4n) is 1.15. The van der Waals surface area contributed by atoms with E-state index in [0.717, 1.165) is 6.54 Å². The molecule has 0 aliphatic carbocycles. The normalized spacial score (nSPS) is 11.2. The smallest absolute Gasteiger partial charge is 0.213 e. The first-order chi connectivity index (χ1) is 7.72. The maximum absolute atomic E-state index is 5.41. The highest BCUT2D eigenvalue weighted by Gasteiger charge is 1.97. The summed E-state index contributed by atoms with van der Waals surface area (Å²) < 4.78 is 5.41. The summed E-state index contributed by atoms with van der Waals surface area (Å²) in [6.45, 7) is 7.65. The van der Waals surface area contributed by atoms with Gasteiger partial charge in [0.2, 0.25) is 5.88 Å². The summed E-state index contributed by atoms with van der Waals surface area (Å²) in [6, 6.07) is 4.43. The Labute approximate surface area is 97.5 Å². The van der Waals surface area contributed by atoms with Gasteiger partial charge in [0.15, 0.2) is 0 Å². The molecule has 3 heteroatoms. The second-order valence-electron chi connectivity index (χ2n) is 3.92. The molecule has 1 heterocycles. The molecule has 0 radical (unpaired) electrons. The summed E-state index contributed by atoms with van der Waals surface area (Å²) in [5, 5.41) is 3.34. The van der Waals surface area contributed by atoms with Crippen LogP contribution in [0.4, 0.5) is 0 Å². The summed E-state index contributed by atoms with van der Waals surface area (Å²) >= 11 is 0. The standard InChI is InChI=1S/C13H20N2O/c1-4-5-8-16-13-7-6-12(10-15-13)9-14-11(2)3/h4-7,10-11,14H,8-9H2,1-3H3. The van der Waals surface area contributed by atoms with Crippen LogP contribution in [-0.2, 0) is 6.54 Å². The first-order valence-corrected chi connectivity index (χ1v) is 5.64. The van der Waals surface area contributed by atoms with Crippen LogP contribution in [0.1, 0.15) is 26.3 Å². The molecule has 1 rings (SSSR count). The molecule has 1 aromatic rings. The highest BCUT2D eigenvalue weighted by Crippen LogP contribution is 2.07. The molecule has 0 unspecified atom stereocenters. The molecule has 0 saturated heterocycles. The molecule has 0 aliphatic heterocycles. The van der Waals surface area contributed by atoms with Crippen LogP contribution < -0.4 is 10.1 Å². The first-order valence-electron chi connectivity index (χ1n) is 5.64. The minimum Gasteiger partial charge on any atom is -0.473 e. The molecule has 1 N–H and O–H groups in total. The van der Waals surface area contributed by atoms with E-state index in [9.17, 15) is 0 Å². The molecule has 0 atom stereocenters. The number of ether oxygens (including phenoxy) is 1. The number of hydrogen-bond acceptors (Lipinski definition) is 3. The Morgan fingerprint density at radius 2 is 2.25 bits per heavy atom. The second-order valence-corrected chi connectivity index (χ2v) is 3.92. The number of nitrogens with one attached hydrogen (secondary N) is 1. The Morgan fingerprint density at radius 1 is 1.44 bits per heavy atom. The molecule has 0 saturated carbocycles. The second kappa shape index (κ2) is 7.01. The third-order valence-electron chi connectivity index (χ3n) is 2.08. The van der Waals surface area contributed by atoms with Crippen LogP contribution in [0.5, 0.6) is 5.88 Å². The van der Waals surface area contributed by atoms with Crippen molar-refractivity contribution < 1.29 is 4.74 Å². The van der Waals surface area contributed by atoms with Crippen LogP contribution in [0.25, 0.3) is 0 Å². The number of allylic oxidation sites excluding steroid dienone is 1. The van der Waals surface area contributed by atoms with E-state index in [1.807, 2.05) is 37.4 Å². The van der Waals surface area contributed by atoms with E-state index in [0.29, 0.717) is 18.5 Å². The van der Waals surface area contributed by atoms with Gasteiger partial charge in [0, 0.05) is 24.8 Å². The van der Waals surface area contributed by atoms with Crippen molar-refractivity contribution in [3.8, 4) is 5.88 Å². The van der Waals surface area contributed by atoms with E-state index >= 15 is 0 Å². The maximum atomic E-state index is 5.41. The summed E-state index contributed by atoms with van der Waals surface area (Å²) in [7, 11) is 0. The van der Waals surface area contributed by atoms with E-state index in [-0.39, 0.29) is 0 Å². The minimum atomic E-state index is 0.491. The molecule has 16 heavy (non-hydrogen) atoms. The molecule has 88 valence electrons. The molecule has 1 aromatic heterocycles. The fraction of sp³-hybridized carbons (Fsp3) is 0.462. The Morgan fingerprint density at radius 3 is 2.81 bits per heavy atom. The van der Waals surface area contributed by atoms with Gasteiger partial charge >= 0.3 is 0 Å². The lowest BCUT2D eigenvalue weighted by atomic mass is 10.2. The van der Waals surface area contributed by atoms with Crippen molar-refractivity contribution in [3.05, 3.63) is 36.0 Å². The topological polar surface area (TPSA) is 34.1 Å². The van der Waals surface area contributed by atoms with E-state index in [1.54, 1.807) is 0 Å². The molecular weight excluding hydrogens is 200 g/mol. The van der Waals surface area contributed by atoms with E-state index in [4.69, 9.17) is 4.74 Å². The zero-order chi connectivity index (χ0) is 11.8. The van der Waals surface area contributed by atoms with Gasteiger partial charge in [0.1, 0.15) is 6.61 Å². The quantitative estimate of drug-likeness (QED) is 0.748. The fourth-order valence-corrected chi connectivity index (χ4v) is 1.15. The molecule has 0 aromatic carbocycles. The number of hydrogen-bond donors (Lipinski definition) is 1. The highest BCUT2D eigenvalue weighted by molar-refractivity contribution is 5.17. The van der Waals surface area contributed by atoms with E-state index < -0.39 is 0 Å². The van der Waals surface area contributed by atoms with Crippen molar-refractivity contribution in [2.45, 2.75) is 33.4 Å². The average Bonchev–Trinajstić information content (AvgIpc) is 2.28. The van der Waals surface area contributed by atoms with Crippen molar-refractivity contribution in [2.24, 2.45) is 0 Å². The SMILES string of the molecule is CC=CCOc1ccc(CNC(C)C)cn1. The van der Waals surface area contributed by atoms with Crippen LogP contribution in [0, 0.1) is 0 Å². The minimum absolute atomic E-state index is 0.491. The van der Waals surface area contributed by atoms with Crippen molar-refractivity contribution in [1.82, 2.24) is 10.3 Å². The molecule has 3 nitrogen and oxygen atoms in total. The Bertz CT molecular complexity index is 317. The zero-order valence-corrected chi connectivity index (χ0v) is 10.2. The Balaban J connectivity index is 2.41. The van der Waals surface area contributed by atoms with Gasteiger partial charge in [-0.05, 0) is 12.5 Å². The molecule has 0 aliphatic rings. The maximum Gasteiger partial charge on any atom is 0.213 e. The predicted octanol–water partition coefficient (Wildman–Crippen LogP) is 2.53. The summed E-state index contributed by atoms with van der Waals surface area (Å²) in [5.74, 6) is 0.673. The van der Waals surface area contributed by atoms with Crippen LogP contribution in [0.2, 0.25) is 0 Å². The molecular formula is C13H20N2O. The van der Waals surface area contributed by atoms with Gasteiger partial charge in [-0.3, -0.25) is 0 Å². The monoisotopic (exact) mass is 220 g/mol. The lowest BCUT2D eigenvalue weighted by Crippen LogP contribution is -2.21. The van der Waals surface area contributed by atoms with Crippen LogP contribution >= 0.6 is 0 Å². The van der Waals surface area contributed by atoms with Crippen molar-refractivity contribution in [3.63, 3.8) is 0 Å². The highest BCUT2D eigenvalue weighted by atomic mass is 16.5. The molecule has 0 spiro atoms. The largest absolute Gasteiger partial charge is 0.473 e. The number of pyridine rings is 1. The number of rotatable bonds is 6. The zero-order valence-electron chi connectivity index (χ0n) is 10.2. The van der Waals surface area contributed by atoms with Gasteiger partial charge < -0.3 is 10.1 Å². The van der Waals surface area contributed by atoms with Gasteiger partial charge in [0.05, 0.1) is 0 Å². The van der Waals surface area contributed by atoms with Crippen molar-refractivity contribution in [1.29, 1.82) is 0 Å². The lowest BCUT2D eigenvalue weighted by molar-refractivity contribution is 0.348. The Kier molecular flexibility index (Phi) is 5.57. The Hall–Kier alpha value is -1.35. The third-order valence-corrected chi connectivity index (χ3v) is 2.08. The lowest BCUT2D eigenvalue weighted by Gasteiger charge is -2.08. The average molecular weight is 220 g/mol. The van der Waals surface area contributed by atoms with Crippen LogP contribution in [0.3, 0.4) is 0 Å². The number of aromatic nitrogens is 1. The predicted molar refractivity (Wildman–Crippen MR) is 66.5 cm³/mol. The van der Waals surface area contributed by atoms with Gasteiger partial charge in [-0.25, -0.2) is 4.98 Å². The van der Waals surface area contributed by atoms with Gasteiger partial charge in [-0.1, -0.05) is 32.1 Å². The van der Waals surface area contributed by atoms with Gasteiger partial charge in [-0.2, -0.15) is 0 Å². The third kappa shape index (κ3) is 4.94. The van der Waals surface area contributed by atoms with Crippen molar-refractivity contribution >= 4 is 0 Å². The van der Waals surface area contributed by atoms with Gasteiger partial charge in [0.25, 0.3) is 0 Å². The van der Waals surface area contributed by atoms with Crippen molar-refractivity contribution in [2.75, 3.05) is 6.61 Å². The van der Waals surface area contributed by atoms with E-state index in [1.165, 1.54) is 5.56 Å². The summed E-state index contributed by atoms with van der Waals surface area (Å²) in [4.78, 5) is 4.23.